The summed E-state index contributed by atoms with van der Waals surface area (Å²) in [6.45, 7) is 23.7. The Kier molecular flexibility index (Phi) is 5.66. The zero-order valence-electron chi connectivity index (χ0n) is 22.6. The number of hydrogen-bond acceptors (Lipinski definition) is 3. The van der Waals surface area contributed by atoms with E-state index in [0.29, 0.717) is 28.9 Å². The molecule has 0 amide bonds. The summed E-state index contributed by atoms with van der Waals surface area (Å²) in [6.07, 6.45) is 6.31. The number of ketones is 2. The van der Waals surface area contributed by atoms with Gasteiger partial charge in [-0.15, -0.1) is 0 Å². The summed E-state index contributed by atoms with van der Waals surface area (Å²) in [7, 11) is 0. The molecule has 0 spiro atoms. The van der Waals surface area contributed by atoms with E-state index in [2.05, 4.69) is 41.2 Å². The van der Waals surface area contributed by atoms with Gasteiger partial charge in [-0.25, -0.2) is 0 Å². The summed E-state index contributed by atoms with van der Waals surface area (Å²) >= 11 is 0. The van der Waals surface area contributed by atoms with Crippen molar-refractivity contribution in [3.63, 3.8) is 0 Å². The van der Waals surface area contributed by atoms with E-state index in [1.807, 2.05) is 27.7 Å². The predicted molar refractivity (Wildman–Crippen MR) is 134 cm³/mol. The molecule has 0 aromatic rings. The van der Waals surface area contributed by atoms with Gasteiger partial charge in [0.15, 0.2) is 11.6 Å². The van der Waals surface area contributed by atoms with E-state index < -0.39 is 10.8 Å². The van der Waals surface area contributed by atoms with Crippen LogP contribution in [0.5, 0.6) is 0 Å². The molecular formula is C30H46O3. The molecule has 4 rings (SSSR count). The Balaban J connectivity index is 1.84. The highest BCUT2D eigenvalue weighted by Crippen LogP contribution is 2.61. The van der Waals surface area contributed by atoms with Crippen LogP contribution in [0.25, 0.3) is 0 Å². The Morgan fingerprint density at radius 3 is 2.18 bits per heavy atom. The van der Waals surface area contributed by atoms with Crippen LogP contribution in [0.2, 0.25) is 0 Å². The topological polar surface area (TPSA) is 43.4 Å². The molecule has 0 aromatic carbocycles. The van der Waals surface area contributed by atoms with E-state index >= 15 is 0 Å². The Bertz CT molecular complexity index is 915. The molecule has 2 saturated carbocycles. The molecule has 1 heterocycles. The molecule has 33 heavy (non-hydrogen) atoms. The lowest BCUT2D eigenvalue weighted by Gasteiger charge is -2.55. The first-order valence-electron chi connectivity index (χ1n) is 13.2. The molecule has 5 atom stereocenters. The lowest BCUT2D eigenvalue weighted by Crippen LogP contribution is -2.57. The molecule has 0 bridgehead atoms. The molecular weight excluding hydrogens is 408 g/mol. The summed E-state index contributed by atoms with van der Waals surface area (Å²) < 4.78 is 6.95. The van der Waals surface area contributed by atoms with E-state index in [1.54, 1.807) is 0 Å². The maximum absolute atomic E-state index is 13.9. The van der Waals surface area contributed by atoms with Crippen molar-refractivity contribution in [1.29, 1.82) is 0 Å². The van der Waals surface area contributed by atoms with Crippen molar-refractivity contribution < 1.29 is 14.3 Å². The Morgan fingerprint density at radius 2 is 1.61 bits per heavy atom. The predicted octanol–water partition coefficient (Wildman–Crippen LogP) is 7.30. The second-order valence-corrected chi connectivity index (χ2v) is 14.0. The summed E-state index contributed by atoms with van der Waals surface area (Å²) in [5, 5.41) is 0. The fourth-order valence-electron chi connectivity index (χ4n) is 7.99. The van der Waals surface area contributed by atoms with Crippen molar-refractivity contribution in [3.05, 3.63) is 23.5 Å². The molecule has 1 aliphatic heterocycles. The van der Waals surface area contributed by atoms with Crippen molar-refractivity contribution in [3.8, 4) is 0 Å². The van der Waals surface area contributed by atoms with Crippen LogP contribution in [0.4, 0.5) is 0 Å². The maximum atomic E-state index is 13.9. The Hall–Kier alpha value is -1.38. The highest BCUT2D eigenvalue weighted by molar-refractivity contribution is 6.19. The van der Waals surface area contributed by atoms with Crippen molar-refractivity contribution in [2.24, 2.45) is 45.8 Å². The molecule has 0 N–H and O–H groups in total. The lowest BCUT2D eigenvalue weighted by molar-refractivity contribution is -0.156. The van der Waals surface area contributed by atoms with Crippen molar-refractivity contribution in [2.45, 2.75) is 106 Å². The normalized spacial score (nSPS) is 39.4. The Labute approximate surface area is 201 Å². The summed E-state index contributed by atoms with van der Waals surface area (Å²) in [5.74, 6) is 2.79. The van der Waals surface area contributed by atoms with Crippen LogP contribution >= 0.6 is 0 Å². The van der Waals surface area contributed by atoms with Gasteiger partial charge in [-0.3, -0.25) is 9.59 Å². The number of carbonyl (C=O) groups excluding carboxylic acids is 2. The number of carbonyl (C=O) groups is 2. The first-order chi connectivity index (χ1) is 15.0. The number of Topliss-reactive ketones (excluding diaryl/α,β-unsaturated/α-hetero) is 2. The molecule has 0 saturated heterocycles. The molecule has 3 aliphatic carbocycles. The highest BCUT2D eigenvalue weighted by atomic mass is 16.5. The number of ether oxygens (including phenoxy) is 1. The molecule has 0 unspecified atom stereocenters. The van der Waals surface area contributed by atoms with Crippen molar-refractivity contribution in [2.75, 3.05) is 0 Å². The largest absolute Gasteiger partial charge is 0.490 e. The lowest BCUT2D eigenvalue weighted by atomic mass is 9.52. The third-order valence-electron chi connectivity index (χ3n) is 9.95. The van der Waals surface area contributed by atoms with Gasteiger partial charge in [-0.05, 0) is 102 Å². The minimum Gasteiger partial charge on any atom is -0.490 e. The molecule has 4 aliphatic rings. The minimum atomic E-state index is -1.00. The summed E-state index contributed by atoms with van der Waals surface area (Å²) in [5.41, 5.74) is 0.432. The van der Waals surface area contributed by atoms with Crippen LogP contribution in [0.15, 0.2) is 23.5 Å². The van der Waals surface area contributed by atoms with E-state index in [9.17, 15) is 9.59 Å². The maximum Gasteiger partial charge on any atom is 0.175 e. The van der Waals surface area contributed by atoms with Crippen LogP contribution < -0.4 is 0 Å². The first-order valence-corrected chi connectivity index (χ1v) is 13.2. The average Bonchev–Trinajstić information content (AvgIpc) is 2.72. The van der Waals surface area contributed by atoms with Crippen LogP contribution in [0, 0.1) is 45.8 Å². The van der Waals surface area contributed by atoms with Crippen molar-refractivity contribution >= 4 is 11.6 Å². The average molecular weight is 455 g/mol. The monoisotopic (exact) mass is 454 g/mol. The van der Waals surface area contributed by atoms with Gasteiger partial charge in [-0.1, -0.05) is 39.8 Å². The second kappa shape index (κ2) is 7.56. The van der Waals surface area contributed by atoms with E-state index in [4.69, 9.17) is 4.74 Å². The van der Waals surface area contributed by atoms with Crippen molar-refractivity contribution in [1.82, 2.24) is 0 Å². The zero-order valence-corrected chi connectivity index (χ0v) is 22.6. The van der Waals surface area contributed by atoms with Gasteiger partial charge < -0.3 is 4.74 Å². The smallest absolute Gasteiger partial charge is 0.175 e. The van der Waals surface area contributed by atoms with E-state index in [1.165, 1.54) is 12.0 Å². The zero-order chi connectivity index (χ0) is 24.7. The van der Waals surface area contributed by atoms with Crippen LogP contribution in [0.1, 0.15) is 101 Å². The van der Waals surface area contributed by atoms with Gasteiger partial charge in [0.25, 0.3) is 0 Å². The fraction of sp³-hybridized carbons (Fsp3) is 0.800. The number of allylic oxidation sites excluding steroid dienone is 3. The first kappa shape index (κ1) is 24.7. The number of hydrogen-bond donors (Lipinski definition) is 0. The fourth-order valence-corrected chi connectivity index (χ4v) is 7.99. The van der Waals surface area contributed by atoms with Gasteiger partial charge in [0.1, 0.15) is 11.4 Å². The third kappa shape index (κ3) is 3.59. The third-order valence-corrected chi connectivity index (χ3v) is 9.95. The van der Waals surface area contributed by atoms with Crippen LogP contribution in [0.3, 0.4) is 0 Å². The van der Waals surface area contributed by atoms with Crippen LogP contribution in [-0.2, 0) is 14.3 Å². The van der Waals surface area contributed by atoms with Gasteiger partial charge in [-0.2, -0.15) is 0 Å². The molecule has 3 nitrogen and oxygen atoms in total. The van der Waals surface area contributed by atoms with E-state index in [-0.39, 0.29) is 29.0 Å². The number of fused-ring (bicyclic) bond motifs is 2. The van der Waals surface area contributed by atoms with Gasteiger partial charge >= 0.3 is 0 Å². The SMILES string of the molecule is C=C1CC[C@H]2[C@H](CC(C)C)C3=C(O[C@]2(C)CC[C@@H]2[C@@H]1CC2(C)C)C(C)(C)C(=O)C(C)(C)C3=O. The number of rotatable bonds is 2. The van der Waals surface area contributed by atoms with E-state index in [0.717, 1.165) is 37.7 Å². The van der Waals surface area contributed by atoms with Gasteiger partial charge in [0.2, 0.25) is 0 Å². The molecule has 3 heteroatoms. The standard InChI is InChI=1S/C30H46O3/c1-17(2)15-19-22-12-11-18(3)20-16-27(4,5)21(20)13-14-30(22,10)33-25-23(19)24(31)28(6,7)26(32)29(25,8)9/h17,19-22H,3,11-16H2,1-2,4-10H3/t19-,20+,21+,22-,30+/m0/s1. The second-order valence-electron chi connectivity index (χ2n) is 14.0. The van der Waals surface area contributed by atoms with Gasteiger partial charge in [0, 0.05) is 11.5 Å². The summed E-state index contributed by atoms with van der Waals surface area (Å²) in [6, 6.07) is 0. The molecule has 2 fully saturated rings. The Morgan fingerprint density at radius 1 is 0.970 bits per heavy atom. The quantitative estimate of drug-likeness (QED) is 0.325. The highest BCUT2D eigenvalue weighted by Gasteiger charge is 2.61. The molecule has 0 radical (unpaired) electrons. The van der Waals surface area contributed by atoms with Crippen LogP contribution in [-0.4, -0.2) is 17.2 Å². The van der Waals surface area contributed by atoms with Gasteiger partial charge in [0.05, 0.1) is 10.8 Å². The molecule has 184 valence electrons. The minimum absolute atomic E-state index is 0.00516. The summed E-state index contributed by atoms with van der Waals surface area (Å²) in [4.78, 5) is 27.4. The molecule has 0 aromatic heterocycles.